The number of hydrogen-bond donors (Lipinski definition) is 1. The Morgan fingerprint density at radius 2 is 1.73 bits per heavy atom. The average molecular weight is 307 g/mol. The number of rotatable bonds is 4. The maximum atomic E-state index is 5.96. The first-order valence-corrected chi connectivity index (χ1v) is 7.56. The molecule has 0 bridgehead atoms. The molecule has 22 heavy (non-hydrogen) atoms. The maximum absolute atomic E-state index is 5.96. The zero-order valence-electron chi connectivity index (χ0n) is 12.4. The van der Waals surface area contributed by atoms with Crippen molar-refractivity contribution in [3.63, 3.8) is 0 Å². The number of nitrogens with two attached hydrogens (primary N) is 1. The molecule has 0 heterocycles. The van der Waals surface area contributed by atoms with E-state index in [9.17, 15) is 0 Å². The minimum absolute atomic E-state index is 0.357. The van der Waals surface area contributed by atoms with Crippen LogP contribution in [-0.2, 0) is 6.61 Å². The predicted molar refractivity (Wildman–Crippen MR) is 95.3 cm³/mol. The molecule has 110 valence electrons. The first-order valence-electron chi connectivity index (χ1n) is 7.15. The zero-order valence-corrected chi connectivity index (χ0v) is 13.2. The third-order valence-electron chi connectivity index (χ3n) is 3.65. The normalized spacial score (nSPS) is 10.6. The lowest BCUT2D eigenvalue weighted by Crippen LogP contribution is -2.12. The standard InChI is InChI=1S/C19H17NOS/c1-13-6-8-14(9-7-13)12-21-17-11-10-15-4-2-3-5-16(15)18(17)19(20)22/h2-11H,12H2,1H3,(H2,20,22). The van der Waals surface area contributed by atoms with E-state index in [0.717, 1.165) is 27.6 Å². The monoisotopic (exact) mass is 307 g/mol. The SMILES string of the molecule is Cc1ccc(COc2ccc3ccccc3c2C(N)=S)cc1. The van der Waals surface area contributed by atoms with Crippen LogP contribution in [0.3, 0.4) is 0 Å². The first kappa shape index (κ1) is 14.5. The van der Waals surface area contributed by atoms with Crippen LogP contribution in [0.1, 0.15) is 16.7 Å². The molecule has 0 amide bonds. The Labute approximate surface area is 135 Å². The number of thiocarbonyl (C=S) groups is 1. The molecule has 3 aromatic carbocycles. The molecule has 2 nitrogen and oxygen atoms in total. The highest BCUT2D eigenvalue weighted by molar-refractivity contribution is 7.80. The molecule has 0 aromatic heterocycles. The third-order valence-corrected chi connectivity index (χ3v) is 3.86. The molecule has 0 spiro atoms. The van der Waals surface area contributed by atoms with E-state index in [4.69, 9.17) is 22.7 Å². The van der Waals surface area contributed by atoms with Gasteiger partial charge in [0.15, 0.2) is 0 Å². The fourth-order valence-electron chi connectivity index (χ4n) is 2.47. The van der Waals surface area contributed by atoms with E-state index in [0.29, 0.717) is 11.6 Å². The Bertz CT molecular complexity index is 824. The minimum atomic E-state index is 0.357. The van der Waals surface area contributed by atoms with Crippen LogP contribution in [0.15, 0.2) is 60.7 Å². The molecule has 0 aliphatic carbocycles. The van der Waals surface area contributed by atoms with Gasteiger partial charge in [0.05, 0.1) is 5.56 Å². The minimum Gasteiger partial charge on any atom is -0.488 e. The summed E-state index contributed by atoms with van der Waals surface area (Å²) in [4.78, 5) is 0.357. The van der Waals surface area contributed by atoms with Crippen molar-refractivity contribution in [2.45, 2.75) is 13.5 Å². The van der Waals surface area contributed by atoms with E-state index >= 15 is 0 Å². The van der Waals surface area contributed by atoms with E-state index in [1.807, 2.05) is 36.4 Å². The molecular formula is C19H17NOS. The summed E-state index contributed by atoms with van der Waals surface area (Å²) in [5.74, 6) is 0.728. The summed E-state index contributed by atoms with van der Waals surface area (Å²) in [7, 11) is 0. The van der Waals surface area contributed by atoms with Crippen molar-refractivity contribution in [2.24, 2.45) is 5.73 Å². The first-order chi connectivity index (χ1) is 10.6. The number of ether oxygens (including phenoxy) is 1. The molecule has 3 aromatic rings. The molecule has 3 heteroatoms. The number of benzene rings is 3. The van der Waals surface area contributed by atoms with Gasteiger partial charge < -0.3 is 10.5 Å². The third kappa shape index (κ3) is 2.95. The number of aryl methyl sites for hydroxylation is 1. The lowest BCUT2D eigenvalue weighted by molar-refractivity contribution is 0.306. The molecule has 2 N–H and O–H groups in total. The van der Waals surface area contributed by atoms with Crippen LogP contribution in [-0.4, -0.2) is 4.99 Å². The van der Waals surface area contributed by atoms with Gasteiger partial charge in [0.2, 0.25) is 0 Å². The molecule has 0 saturated heterocycles. The second kappa shape index (κ2) is 6.16. The van der Waals surface area contributed by atoms with E-state index < -0.39 is 0 Å². The Morgan fingerprint density at radius 1 is 1.00 bits per heavy atom. The van der Waals surface area contributed by atoms with Crippen molar-refractivity contribution in [1.82, 2.24) is 0 Å². The summed E-state index contributed by atoms with van der Waals surface area (Å²) in [6.07, 6.45) is 0. The number of fused-ring (bicyclic) bond motifs is 1. The van der Waals surface area contributed by atoms with Gasteiger partial charge in [0, 0.05) is 0 Å². The lowest BCUT2D eigenvalue weighted by Gasteiger charge is -2.13. The quantitative estimate of drug-likeness (QED) is 0.727. The second-order valence-electron chi connectivity index (χ2n) is 5.30. The van der Waals surface area contributed by atoms with Crippen LogP contribution in [0.2, 0.25) is 0 Å². The largest absolute Gasteiger partial charge is 0.488 e. The van der Waals surface area contributed by atoms with Gasteiger partial charge in [-0.25, -0.2) is 0 Å². The summed E-state index contributed by atoms with van der Waals surface area (Å²) in [6.45, 7) is 2.56. The Balaban J connectivity index is 1.94. The predicted octanol–water partition coefficient (Wildman–Crippen LogP) is 4.36. The van der Waals surface area contributed by atoms with Crippen LogP contribution in [0.5, 0.6) is 5.75 Å². The molecule has 0 atom stereocenters. The molecule has 0 radical (unpaired) electrons. The van der Waals surface area contributed by atoms with Crippen LogP contribution in [0.4, 0.5) is 0 Å². The van der Waals surface area contributed by atoms with Gasteiger partial charge >= 0.3 is 0 Å². The van der Waals surface area contributed by atoms with Crippen molar-refractivity contribution in [3.8, 4) is 5.75 Å². The van der Waals surface area contributed by atoms with Crippen molar-refractivity contribution in [3.05, 3.63) is 77.4 Å². The molecule has 3 rings (SSSR count). The highest BCUT2D eigenvalue weighted by Gasteiger charge is 2.11. The summed E-state index contributed by atoms with van der Waals surface area (Å²) in [5.41, 5.74) is 9.08. The smallest absolute Gasteiger partial charge is 0.130 e. The van der Waals surface area contributed by atoms with E-state index in [1.54, 1.807) is 0 Å². The van der Waals surface area contributed by atoms with E-state index in [-0.39, 0.29) is 0 Å². The van der Waals surface area contributed by atoms with Crippen LogP contribution >= 0.6 is 12.2 Å². The van der Waals surface area contributed by atoms with Gasteiger partial charge in [0.25, 0.3) is 0 Å². The second-order valence-corrected chi connectivity index (χ2v) is 5.74. The highest BCUT2D eigenvalue weighted by atomic mass is 32.1. The van der Waals surface area contributed by atoms with Gasteiger partial charge in [-0.1, -0.05) is 72.4 Å². The molecular weight excluding hydrogens is 290 g/mol. The summed E-state index contributed by atoms with van der Waals surface area (Å²) < 4.78 is 5.96. The zero-order chi connectivity index (χ0) is 15.5. The summed E-state index contributed by atoms with van der Waals surface area (Å²) in [5, 5.41) is 2.13. The number of hydrogen-bond acceptors (Lipinski definition) is 2. The van der Waals surface area contributed by atoms with Gasteiger partial charge in [-0.15, -0.1) is 0 Å². The highest BCUT2D eigenvalue weighted by Crippen LogP contribution is 2.28. The van der Waals surface area contributed by atoms with Crippen molar-refractivity contribution in [1.29, 1.82) is 0 Å². The van der Waals surface area contributed by atoms with Gasteiger partial charge in [-0.05, 0) is 29.3 Å². The molecule has 0 aliphatic rings. The van der Waals surface area contributed by atoms with Crippen molar-refractivity contribution >= 4 is 28.0 Å². The van der Waals surface area contributed by atoms with Crippen LogP contribution < -0.4 is 10.5 Å². The average Bonchev–Trinajstić information content (AvgIpc) is 2.53. The molecule has 0 fully saturated rings. The Kier molecular flexibility index (Phi) is 4.07. The lowest BCUT2D eigenvalue weighted by atomic mass is 10.0. The molecule has 0 saturated carbocycles. The van der Waals surface area contributed by atoms with Crippen LogP contribution in [0.25, 0.3) is 10.8 Å². The summed E-state index contributed by atoms with van der Waals surface area (Å²) >= 11 is 5.22. The van der Waals surface area contributed by atoms with Gasteiger partial charge in [-0.3, -0.25) is 0 Å². The van der Waals surface area contributed by atoms with Crippen LogP contribution in [0, 0.1) is 6.92 Å². The summed E-state index contributed by atoms with van der Waals surface area (Å²) in [6, 6.07) is 20.3. The van der Waals surface area contributed by atoms with Gasteiger partial charge in [-0.2, -0.15) is 0 Å². The van der Waals surface area contributed by atoms with Crippen molar-refractivity contribution in [2.75, 3.05) is 0 Å². The molecule has 0 unspecified atom stereocenters. The Morgan fingerprint density at radius 3 is 2.45 bits per heavy atom. The fourth-order valence-corrected chi connectivity index (χ4v) is 2.68. The fraction of sp³-hybridized carbons (Fsp3) is 0.105. The van der Waals surface area contributed by atoms with Gasteiger partial charge in [0.1, 0.15) is 17.3 Å². The molecule has 0 aliphatic heterocycles. The van der Waals surface area contributed by atoms with E-state index in [1.165, 1.54) is 5.56 Å². The Hall–Kier alpha value is -2.39. The topological polar surface area (TPSA) is 35.2 Å². The maximum Gasteiger partial charge on any atom is 0.130 e. The van der Waals surface area contributed by atoms with E-state index in [2.05, 4.69) is 31.2 Å². The van der Waals surface area contributed by atoms with Crippen molar-refractivity contribution < 1.29 is 4.74 Å².